The number of β-amino-alcohol motifs (C(OH)–C–C–N with tert-alkyl or cyclic N) is 2. The predicted molar refractivity (Wildman–Crippen MR) is 124 cm³/mol. The Morgan fingerprint density at radius 2 is 1.64 bits per heavy atom. The third kappa shape index (κ3) is 7.73. The molecule has 36 heavy (non-hydrogen) atoms. The summed E-state index contributed by atoms with van der Waals surface area (Å²) in [5, 5.41) is 22.7. The Morgan fingerprint density at radius 1 is 0.972 bits per heavy atom. The summed E-state index contributed by atoms with van der Waals surface area (Å²) in [5.74, 6) is -2.03. The standard InChI is InChI=1S/C24H35F2N3O7/c1-3-35-22(31)28-6-4-23(32,5-7-28)14-27-8-9-29(21(30)13-34-2)16-24(33,15-27)17-36-20-11-18(25)10-19(26)12-20/h10-12,32-33H,3-9,13-17H2,1-2H3/t24-/m0/s1. The van der Waals surface area contributed by atoms with Crippen molar-refractivity contribution in [2.45, 2.75) is 31.0 Å². The zero-order valence-electron chi connectivity index (χ0n) is 20.8. The maximum Gasteiger partial charge on any atom is 0.409 e. The summed E-state index contributed by atoms with van der Waals surface area (Å²) in [5.41, 5.74) is -2.70. The first-order valence-corrected chi connectivity index (χ1v) is 12.0. The summed E-state index contributed by atoms with van der Waals surface area (Å²) in [7, 11) is 1.40. The summed E-state index contributed by atoms with van der Waals surface area (Å²) in [6.07, 6.45) is 0.236. The van der Waals surface area contributed by atoms with Crippen LogP contribution in [0.4, 0.5) is 13.6 Å². The minimum absolute atomic E-state index is 0.0471. The fourth-order valence-corrected chi connectivity index (χ4v) is 4.62. The normalized spacial score (nSPS) is 22.7. The Morgan fingerprint density at radius 3 is 2.25 bits per heavy atom. The van der Waals surface area contributed by atoms with E-state index in [4.69, 9.17) is 14.2 Å². The minimum atomic E-state index is -1.59. The number of halogens is 2. The lowest BCUT2D eigenvalue weighted by atomic mass is 9.90. The van der Waals surface area contributed by atoms with Gasteiger partial charge < -0.3 is 34.2 Å². The van der Waals surface area contributed by atoms with E-state index in [2.05, 4.69) is 0 Å². The first-order valence-electron chi connectivity index (χ1n) is 12.0. The Labute approximate surface area is 209 Å². The molecule has 2 aliphatic rings. The topological polar surface area (TPSA) is 112 Å². The smallest absolute Gasteiger partial charge is 0.409 e. The third-order valence-electron chi connectivity index (χ3n) is 6.39. The maximum atomic E-state index is 13.6. The van der Waals surface area contributed by atoms with E-state index >= 15 is 0 Å². The third-order valence-corrected chi connectivity index (χ3v) is 6.39. The largest absolute Gasteiger partial charge is 0.490 e. The van der Waals surface area contributed by atoms with Crippen molar-refractivity contribution in [1.29, 1.82) is 0 Å². The van der Waals surface area contributed by atoms with E-state index in [1.807, 2.05) is 4.90 Å². The van der Waals surface area contributed by atoms with Crippen molar-refractivity contribution in [3.8, 4) is 5.75 Å². The highest BCUT2D eigenvalue weighted by molar-refractivity contribution is 5.77. The van der Waals surface area contributed by atoms with E-state index in [1.54, 1.807) is 11.8 Å². The van der Waals surface area contributed by atoms with Crippen molar-refractivity contribution in [2.75, 3.05) is 72.7 Å². The van der Waals surface area contributed by atoms with Gasteiger partial charge in [-0.3, -0.25) is 9.69 Å². The molecule has 3 rings (SSSR count). The van der Waals surface area contributed by atoms with Crippen LogP contribution in [0.2, 0.25) is 0 Å². The maximum absolute atomic E-state index is 13.6. The molecule has 0 spiro atoms. The molecule has 2 N–H and O–H groups in total. The molecule has 2 heterocycles. The second-order valence-electron chi connectivity index (χ2n) is 9.49. The van der Waals surface area contributed by atoms with Crippen LogP contribution < -0.4 is 4.74 Å². The molecule has 2 amide bonds. The lowest BCUT2D eigenvalue weighted by Crippen LogP contribution is -2.56. The molecule has 0 unspecified atom stereocenters. The number of rotatable bonds is 8. The number of methoxy groups -OCH3 is 1. The van der Waals surface area contributed by atoms with E-state index < -0.39 is 28.9 Å². The number of hydrogen-bond acceptors (Lipinski definition) is 8. The van der Waals surface area contributed by atoms with Crippen LogP contribution >= 0.6 is 0 Å². The molecular formula is C24H35F2N3O7. The number of benzene rings is 1. The highest BCUT2D eigenvalue weighted by Gasteiger charge is 2.41. The van der Waals surface area contributed by atoms with Crippen LogP contribution in [-0.4, -0.2) is 121 Å². The quantitative estimate of drug-likeness (QED) is 0.524. The monoisotopic (exact) mass is 515 g/mol. The van der Waals surface area contributed by atoms with Gasteiger partial charge in [-0.2, -0.15) is 0 Å². The molecule has 1 aromatic rings. The molecule has 0 saturated carbocycles. The van der Waals surface area contributed by atoms with Gasteiger partial charge >= 0.3 is 6.09 Å². The Kier molecular flexibility index (Phi) is 9.45. The van der Waals surface area contributed by atoms with Crippen LogP contribution in [-0.2, 0) is 14.3 Å². The van der Waals surface area contributed by atoms with Crippen molar-refractivity contribution in [3.05, 3.63) is 29.8 Å². The first kappa shape index (κ1) is 28.0. The van der Waals surface area contributed by atoms with Crippen LogP contribution in [0.1, 0.15) is 19.8 Å². The van der Waals surface area contributed by atoms with Crippen molar-refractivity contribution in [2.24, 2.45) is 0 Å². The van der Waals surface area contributed by atoms with Gasteiger partial charge in [-0.1, -0.05) is 0 Å². The second kappa shape index (κ2) is 12.1. The van der Waals surface area contributed by atoms with Crippen LogP contribution in [0.15, 0.2) is 18.2 Å². The number of ether oxygens (including phenoxy) is 3. The van der Waals surface area contributed by atoms with Crippen LogP contribution in [0.25, 0.3) is 0 Å². The van der Waals surface area contributed by atoms with E-state index in [0.717, 1.165) is 12.1 Å². The summed E-state index contributed by atoms with van der Waals surface area (Å²) in [6.45, 7) is 2.98. The number of aliphatic hydroxyl groups is 2. The average molecular weight is 516 g/mol. The van der Waals surface area contributed by atoms with Gasteiger partial charge in [0, 0.05) is 64.6 Å². The van der Waals surface area contributed by atoms with Gasteiger partial charge in [0.15, 0.2) is 0 Å². The number of amides is 2. The Bertz CT molecular complexity index is 893. The highest BCUT2D eigenvalue weighted by Crippen LogP contribution is 2.26. The average Bonchev–Trinajstić information content (AvgIpc) is 2.96. The van der Waals surface area contributed by atoms with Gasteiger partial charge in [0.05, 0.1) is 18.8 Å². The first-order chi connectivity index (χ1) is 17.0. The van der Waals surface area contributed by atoms with Crippen LogP contribution in [0, 0.1) is 11.6 Å². The molecule has 1 aromatic carbocycles. The fraction of sp³-hybridized carbons (Fsp3) is 0.667. The number of likely N-dealkylation sites (tertiary alicyclic amines) is 1. The van der Waals surface area contributed by atoms with Crippen LogP contribution in [0.5, 0.6) is 5.75 Å². The molecule has 12 heteroatoms. The van der Waals surface area contributed by atoms with Gasteiger partial charge in [-0.25, -0.2) is 13.6 Å². The number of nitrogens with zero attached hydrogens (tertiary/aromatic N) is 3. The predicted octanol–water partition coefficient (Wildman–Crippen LogP) is 0.849. The van der Waals surface area contributed by atoms with E-state index in [-0.39, 0.29) is 57.7 Å². The number of hydrogen-bond donors (Lipinski definition) is 2. The summed E-state index contributed by atoms with van der Waals surface area (Å²) in [4.78, 5) is 29.4. The molecule has 2 aliphatic heterocycles. The summed E-state index contributed by atoms with van der Waals surface area (Å²) in [6, 6.07) is 2.73. The zero-order valence-corrected chi connectivity index (χ0v) is 20.8. The van der Waals surface area contributed by atoms with Crippen molar-refractivity contribution >= 4 is 12.0 Å². The molecule has 0 radical (unpaired) electrons. The molecule has 2 fully saturated rings. The fourth-order valence-electron chi connectivity index (χ4n) is 4.62. The summed E-state index contributed by atoms with van der Waals surface area (Å²) >= 11 is 0. The Balaban J connectivity index is 1.70. The van der Waals surface area contributed by atoms with E-state index in [0.29, 0.717) is 38.5 Å². The number of carbonyl (C=O) groups excluding carboxylic acids is 2. The zero-order chi connectivity index (χ0) is 26.3. The molecule has 2 saturated heterocycles. The number of carbonyl (C=O) groups is 2. The van der Waals surface area contributed by atoms with Crippen molar-refractivity contribution in [3.63, 3.8) is 0 Å². The lowest BCUT2D eigenvalue weighted by molar-refractivity contribution is -0.138. The van der Waals surface area contributed by atoms with Gasteiger partial charge in [0.2, 0.25) is 5.91 Å². The molecule has 0 bridgehead atoms. The molecule has 0 aromatic heterocycles. The van der Waals surface area contributed by atoms with Crippen molar-refractivity contribution in [1.82, 2.24) is 14.7 Å². The second-order valence-corrected chi connectivity index (χ2v) is 9.49. The van der Waals surface area contributed by atoms with E-state index in [1.165, 1.54) is 12.0 Å². The number of piperidine rings is 1. The van der Waals surface area contributed by atoms with Crippen LogP contribution in [0.3, 0.4) is 0 Å². The van der Waals surface area contributed by atoms with Crippen molar-refractivity contribution < 1.29 is 42.8 Å². The lowest BCUT2D eigenvalue weighted by Gasteiger charge is -2.41. The molecule has 1 atom stereocenters. The molecular weight excluding hydrogens is 480 g/mol. The molecule has 0 aliphatic carbocycles. The van der Waals surface area contributed by atoms with Gasteiger partial charge in [0.25, 0.3) is 0 Å². The minimum Gasteiger partial charge on any atom is -0.490 e. The molecule has 10 nitrogen and oxygen atoms in total. The van der Waals surface area contributed by atoms with Gasteiger partial charge in [-0.05, 0) is 19.8 Å². The molecule has 202 valence electrons. The van der Waals surface area contributed by atoms with Gasteiger partial charge in [-0.15, -0.1) is 0 Å². The SMILES string of the molecule is CCOC(=O)N1CCC(O)(CN2CCN(C(=O)COC)C[C@](O)(COc3cc(F)cc(F)c3)C2)CC1. The summed E-state index contributed by atoms with van der Waals surface area (Å²) < 4.78 is 42.7. The van der Waals surface area contributed by atoms with E-state index in [9.17, 15) is 28.6 Å². The highest BCUT2D eigenvalue weighted by atomic mass is 19.1. The Hall–Kier alpha value is -2.54. The van der Waals surface area contributed by atoms with Gasteiger partial charge in [0.1, 0.15) is 36.2 Å².